The van der Waals surface area contributed by atoms with Crippen molar-refractivity contribution in [3.05, 3.63) is 23.8 Å². The molecule has 8 atom stereocenters. The summed E-state index contributed by atoms with van der Waals surface area (Å²) in [6.07, 6.45) is 9.78. The van der Waals surface area contributed by atoms with Crippen LogP contribution >= 0.6 is 0 Å². The average molecular weight is 413 g/mol. The van der Waals surface area contributed by atoms with Gasteiger partial charge in [0.25, 0.3) is 0 Å². The third kappa shape index (κ3) is 8.89. The topological polar surface area (TPSA) is 68.2 Å². The Morgan fingerprint density at radius 2 is 1.72 bits per heavy atom. The van der Waals surface area contributed by atoms with Gasteiger partial charge in [0.1, 0.15) is 0 Å². The van der Waals surface area contributed by atoms with Crippen LogP contribution in [-0.4, -0.2) is 56.1 Å². The molecule has 0 amide bonds. The van der Waals surface area contributed by atoms with E-state index in [0.717, 1.165) is 25.7 Å². The normalized spacial score (nSPS) is 26.2. The van der Waals surface area contributed by atoms with Crippen LogP contribution in [0.5, 0.6) is 0 Å². The summed E-state index contributed by atoms with van der Waals surface area (Å²) in [5, 5.41) is 20.2. The zero-order valence-corrected chi connectivity index (χ0v) is 19.5. The fraction of sp³-hybridized carbons (Fsp3) is 0.833. The first-order chi connectivity index (χ1) is 13.8. The van der Waals surface area contributed by atoms with Crippen molar-refractivity contribution in [1.29, 1.82) is 0 Å². The van der Waals surface area contributed by atoms with Gasteiger partial charge in [0.2, 0.25) is 0 Å². The Hall–Kier alpha value is -0.720. The van der Waals surface area contributed by atoms with E-state index in [1.165, 1.54) is 12.7 Å². The summed E-state index contributed by atoms with van der Waals surface area (Å²) in [4.78, 5) is 0. The number of hydrogen-bond acceptors (Lipinski definition) is 5. The van der Waals surface area contributed by atoms with Gasteiger partial charge in [0.15, 0.2) is 6.29 Å². The molecule has 0 saturated heterocycles. The van der Waals surface area contributed by atoms with Gasteiger partial charge < -0.3 is 24.4 Å². The highest BCUT2D eigenvalue weighted by molar-refractivity contribution is 5.13. The molecule has 0 aliphatic heterocycles. The lowest BCUT2D eigenvalue weighted by atomic mass is 9.91. The molecule has 6 unspecified atom stereocenters. The van der Waals surface area contributed by atoms with E-state index in [4.69, 9.17) is 14.2 Å². The standard InChI is InChI=1S/C24H44O5/c1-8-22(28-6)18(4)20-15-21(20)24(26)17(3)11-9-10-16(2)14-19(27-5)12-13-23(25)29-7/h9-11,17-26H,8,12-15H2,1-7H3/b11-9+,16-10+/t17?,18?,19-,20?,21?,22?,23+,24?/m1/s1. The maximum Gasteiger partial charge on any atom is 0.154 e. The molecule has 0 aromatic heterocycles. The first kappa shape index (κ1) is 26.3. The SMILES string of the molecule is CCC(OC)C(C)C1CC1C(O)C(C)/C=C/C=C(\C)C[C@@H](CC[C@@H](O)OC)OC. The van der Waals surface area contributed by atoms with Gasteiger partial charge in [-0.25, -0.2) is 0 Å². The quantitative estimate of drug-likeness (QED) is 0.309. The Bertz CT molecular complexity index is 499. The van der Waals surface area contributed by atoms with Crippen molar-refractivity contribution in [1.82, 2.24) is 0 Å². The van der Waals surface area contributed by atoms with Crippen LogP contribution in [0.2, 0.25) is 0 Å². The summed E-state index contributed by atoms with van der Waals surface area (Å²) in [5.74, 6) is 1.56. The van der Waals surface area contributed by atoms with E-state index in [1.54, 1.807) is 14.2 Å². The first-order valence-electron chi connectivity index (χ1n) is 11.1. The van der Waals surface area contributed by atoms with Crippen LogP contribution in [0.3, 0.4) is 0 Å². The number of rotatable bonds is 15. The van der Waals surface area contributed by atoms with Crippen LogP contribution < -0.4 is 0 Å². The van der Waals surface area contributed by atoms with Crippen LogP contribution in [0.15, 0.2) is 23.8 Å². The molecule has 5 nitrogen and oxygen atoms in total. The monoisotopic (exact) mass is 412 g/mol. The second kappa shape index (κ2) is 13.6. The molecule has 1 aliphatic rings. The van der Waals surface area contributed by atoms with Gasteiger partial charge in [-0.2, -0.15) is 0 Å². The van der Waals surface area contributed by atoms with Gasteiger partial charge in [-0.1, -0.05) is 44.6 Å². The van der Waals surface area contributed by atoms with E-state index >= 15 is 0 Å². The fourth-order valence-electron chi connectivity index (χ4n) is 4.34. The molecule has 1 saturated carbocycles. The predicted molar refractivity (Wildman–Crippen MR) is 118 cm³/mol. The second-order valence-corrected chi connectivity index (χ2v) is 8.68. The number of hydrogen-bond donors (Lipinski definition) is 2. The van der Waals surface area contributed by atoms with Gasteiger partial charge >= 0.3 is 0 Å². The van der Waals surface area contributed by atoms with E-state index in [2.05, 4.69) is 39.8 Å². The lowest BCUT2D eigenvalue weighted by Gasteiger charge is -2.23. The molecule has 0 heterocycles. The molecule has 0 bridgehead atoms. The molecular formula is C24H44O5. The molecular weight excluding hydrogens is 368 g/mol. The highest BCUT2D eigenvalue weighted by Crippen LogP contribution is 2.49. The van der Waals surface area contributed by atoms with Gasteiger partial charge in [-0.15, -0.1) is 0 Å². The molecule has 1 fully saturated rings. The van der Waals surface area contributed by atoms with Gasteiger partial charge in [0, 0.05) is 33.7 Å². The summed E-state index contributed by atoms with van der Waals surface area (Å²) >= 11 is 0. The summed E-state index contributed by atoms with van der Waals surface area (Å²) in [7, 11) is 4.99. The Morgan fingerprint density at radius 1 is 1.03 bits per heavy atom. The third-order valence-electron chi connectivity index (χ3n) is 6.52. The van der Waals surface area contributed by atoms with Crippen molar-refractivity contribution in [2.75, 3.05) is 21.3 Å². The van der Waals surface area contributed by atoms with Crippen LogP contribution in [0.25, 0.3) is 0 Å². The predicted octanol–water partition coefficient (Wildman–Crippen LogP) is 4.33. The minimum atomic E-state index is -0.732. The van der Waals surface area contributed by atoms with Gasteiger partial charge in [-0.05, 0) is 50.4 Å². The summed E-state index contributed by atoms with van der Waals surface area (Å²) in [5.41, 5.74) is 1.21. The number of allylic oxidation sites excluding steroid dienone is 2. The average Bonchev–Trinajstić information content (AvgIpc) is 3.51. The number of aliphatic hydroxyl groups excluding tert-OH is 2. The maximum absolute atomic E-state index is 10.7. The van der Waals surface area contributed by atoms with Gasteiger partial charge in [-0.3, -0.25) is 0 Å². The molecule has 1 rings (SSSR count). The molecule has 0 radical (unpaired) electrons. The summed E-state index contributed by atoms with van der Waals surface area (Å²) < 4.78 is 16.0. The molecule has 29 heavy (non-hydrogen) atoms. The fourth-order valence-corrected chi connectivity index (χ4v) is 4.34. The minimum Gasteiger partial charge on any atom is -0.392 e. The molecule has 0 spiro atoms. The van der Waals surface area contributed by atoms with Crippen LogP contribution in [0.4, 0.5) is 0 Å². The second-order valence-electron chi connectivity index (χ2n) is 8.68. The molecule has 170 valence electrons. The lowest BCUT2D eigenvalue weighted by molar-refractivity contribution is -0.0854. The van der Waals surface area contributed by atoms with Crippen molar-refractivity contribution < 1.29 is 24.4 Å². The Balaban J connectivity index is 2.47. The zero-order chi connectivity index (χ0) is 22.0. The van der Waals surface area contributed by atoms with Crippen molar-refractivity contribution in [2.24, 2.45) is 23.7 Å². The molecule has 2 N–H and O–H groups in total. The van der Waals surface area contributed by atoms with Gasteiger partial charge in [0.05, 0.1) is 18.3 Å². The number of methoxy groups -OCH3 is 3. The van der Waals surface area contributed by atoms with E-state index in [0.29, 0.717) is 24.2 Å². The lowest BCUT2D eigenvalue weighted by Crippen LogP contribution is -2.25. The first-order valence-corrected chi connectivity index (χ1v) is 11.1. The third-order valence-corrected chi connectivity index (χ3v) is 6.52. The summed E-state index contributed by atoms with van der Waals surface area (Å²) in [6.45, 7) is 8.58. The van der Waals surface area contributed by atoms with Crippen molar-refractivity contribution >= 4 is 0 Å². The Morgan fingerprint density at radius 3 is 2.28 bits per heavy atom. The van der Waals surface area contributed by atoms with Crippen molar-refractivity contribution in [3.63, 3.8) is 0 Å². The van der Waals surface area contributed by atoms with Crippen LogP contribution in [0, 0.1) is 23.7 Å². The van der Waals surface area contributed by atoms with E-state index < -0.39 is 6.29 Å². The smallest absolute Gasteiger partial charge is 0.154 e. The Labute approximate surface area is 178 Å². The number of aliphatic hydroxyl groups is 2. The maximum atomic E-state index is 10.7. The molecule has 1 aliphatic carbocycles. The van der Waals surface area contributed by atoms with E-state index in [1.807, 2.05) is 6.08 Å². The largest absolute Gasteiger partial charge is 0.392 e. The molecule has 0 aromatic carbocycles. The minimum absolute atomic E-state index is 0.0634. The number of ether oxygens (including phenoxy) is 3. The van der Waals surface area contributed by atoms with Crippen molar-refractivity contribution in [2.45, 2.75) is 84.4 Å². The Kier molecular flexibility index (Phi) is 12.3. The van der Waals surface area contributed by atoms with Crippen LogP contribution in [-0.2, 0) is 14.2 Å². The highest BCUT2D eigenvalue weighted by Gasteiger charge is 2.48. The van der Waals surface area contributed by atoms with Crippen molar-refractivity contribution in [3.8, 4) is 0 Å². The zero-order valence-electron chi connectivity index (χ0n) is 19.5. The molecule has 5 heteroatoms. The summed E-state index contributed by atoms with van der Waals surface area (Å²) in [6, 6.07) is 0. The van der Waals surface area contributed by atoms with Crippen LogP contribution in [0.1, 0.15) is 59.8 Å². The van der Waals surface area contributed by atoms with E-state index in [-0.39, 0.29) is 24.2 Å². The van der Waals surface area contributed by atoms with E-state index in [9.17, 15) is 10.2 Å². The highest BCUT2D eigenvalue weighted by atomic mass is 16.6. The molecule has 0 aromatic rings.